The van der Waals surface area contributed by atoms with E-state index >= 15 is 0 Å². The summed E-state index contributed by atoms with van der Waals surface area (Å²) in [4.78, 5) is 32.3. The average molecular weight is 370 g/mol. The smallest absolute Gasteiger partial charge is 0.410 e. The normalized spacial score (nSPS) is 15.3. The number of nitrogens with one attached hydrogen (secondary N) is 1. The molecule has 3 rings (SSSR count). The molecule has 0 fully saturated rings. The predicted octanol–water partition coefficient (Wildman–Crippen LogP) is 3.20. The van der Waals surface area contributed by atoms with E-state index in [9.17, 15) is 4.79 Å². The maximum Gasteiger partial charge on any atom is 0.410 e. The molecule has 0 saturated carbocycles. The molecule has 144 valence electrons. The predicted molar refractivity (Wildman–Crippen MR) is 106 cm³/mol. The van der Waals surface area contributed by atoms with Crippen LogP contribution >= 0.6 is 0 Å². The summed E-state index contributed by atoms with van der Waals surface area (Å²) in [6.07, 6.45) is 7.73. The molecule has 0 atom stereocenters. The number of rotatable bonds is 3. The monoisotopic (exact) mass is 370 g/mol. The molecule has 1 aliphatic heterocycles. The molecule has 0 spiro atoms. The van der Waals surface area contributed by atoms with Crippen molar-refractivity contribution in [3.8, 4) is 0 Å². The molecule has 2 aromatic heterocycles. The number of H-pyrrole nitrogens is 1. The Balaban J connectivity index is 1.91. The summed E-state index contributed by atoms with van der Waals surface area (Å²) in [6, 6.07) is 0. The van der Waals surface area contributed by atoms with Crippen LogP contribution in [0.1, 0.15) is 32.8 Å². The number of aromatic nitrogens is 3. The van der Waals surface area contributed by atoms with Crippen LogP contribution in [0, 0.1) is 0 Å². The maximum absolute atomic E-state index is 12.5. The molecule has 1 amide bonds. The zero-order chi connectivity index (χ0) is 19.6. The van der Waals surface area contributed by atoms with Crippen molar-refractivity contribution < 1.29 is 9.53 Å². The van der Waals surface area contributed by atoms with E-state index in [1.165, 1.54) is 6.33 Å². The number of aliphatic imine (C=N–C) groups is 1. The third kappa shape index (κ3) is 4.45. The van der Waals surface area contributed by atoms with Crippen molar-refractivity contribution in [3.63, 3.8) is 0 Å². The van der Waals surface area contributed by atoms with Crippen molar-refractivity contribution in [1.29, 1.82) is 0 Å². The zero-order valence-electron chi connectivity index (χ0n) is 16.5. The van der Waals surface area contributed by atoms with Crippen LogP contribution in [0.2, 0.25) is 0 Å². The van der Waals surface area contributed by atoms with Gasteiger partial charge < -0.3 is 19.5 Å². The van der Waals surface area contributed by atoms with Gasteiger partial charge in [-0.05, 0) is 32.8 Å². The lowest BCUT2D eigenvalue weighted by atomic mass is 10.0. The summed E-state index contributed by atoms with van der Waals surface area (Å²) >= 11 is 0. The first-order valence-corrected chi connectivity index (χ1v) is 8.94. The third-order valence-corrected chi connectivity index (χ3v) is 4.01. The van der Waals surface area contributed by atoms with Gasteiger partial charge in [0.2, 0.25) is 0 Å². The second-order valence-electron chi connectivity index (χ2n) is 7.75. The first-order valence-electron chi connectivity index (χ1n) is 8.94. The maximum atomic E-state index is 12.5. The molecule has 8 nitrogen and oxygen atoms in total. The number of nitrogens with zero attached hydrogens (tertiary/aromatic N) is 5. The summed E-state index contributed by atoms with van der Waals surface area (Å²) < 4.78 is 5.52. The minimum absolute atomic E-state index is 0.296. The number of hydrogen-bond donors (Lipinski definition) is 1. The number of carbonyl (C=O) groups excluding carboxylic acids is 1. The average Bonchev–Trinajstić information content (AvgIpc) is 3.03. The highest BCUT2D eigenvalue weighted by Crippen LogP contribution is 2.32. The highest BCUT2D eigenvalue weighted by atomic mass is 16.6. The minimum atomic E-state index is -0.513. The van der Waals surface area contributed by atoms with Crippen molar-refractivity contribution in [2.75, 3.05) is 27.2 Å². The third-order valence-electron chi connectivity index (χ3n) is 4.01. The number of hydrogen-bond acceptors (Lipinski definition) is 5. The second-order valence-corrected chi connectivity index (χ2v) is 7.75. The molecule has 0 aliphatic carbocycles. The van der Waals surface area contributed by atoms with Crippen LogP contribution < -0.4 is 0 Å². The van der Waals surface area contributed by atoms with E-state index in [1.807, 2.05) is 46.0 Å². The lowest BCUT2D eigenvalue weighted by Crippen LogP contribution is -2.39. The highest BCUT2D eigenvalue weighted by molar-refractivity contribution is 5.98. The Morgan fingerprint density at radius 2 is 2.15 bits per heavy atom. The van der Waals surface area contributed by atoms with Crippen LogP contribution in [-0.2, 0) is 4.74 Å². The first kappa shape index (κ1) is 18.9. The standard InChI is InChI=1S/C19H26N6O2/c1-19(2,3)27-18(26)25-8-6-7-13(10-25)14-9-20-16-15(14)17(22-11-21-16)23-12-24(4)5/h7,9,11-12H,6,8,10H2,1-5H3,(H,20,21,22). The minimum Gasteiger partial charge on any atom is -0.444 e. The fourth-order valence-electron chi connectivity index (χ4n) is 2.89. The first-order chi connectivity index (χ1) is 12.7. The molecule has 0 saturated heterocycles. The van der Waals surface area contributed by atoms with Gasteiger partial charge in [0, 0.05) is 38.9 Å². The Bertz CT molecular complexity index is 891. The Morgan fingerprint density at radius 3 is 2.85 bits per heavy atom. The van der Waals surface area contributed by atoms with Gasteiger partial charge in [-0.1, -0.05) is 6.08 Å². The van der Waals surface area contributed by atoms with Gasteiger partial charge in [0.15, 0.2) is 5.82 Å². The van der Waals surface area contributed by atoms with Crippen LogP contribution in [0.3, 0.4) is 0 Å². The summed E-state index contributed by atoms with van der Waals surface area (Å²) in [5.41, 5.74) is 2.21. The van der Waals surface area contributed by atoms with Gasteiger partial charge in [0.05, 0.1) is 11.7 Å². The Morgan fingerprint density at radius 1 is 1.37 bits per heavy atom. The quantitative estimate of drug-likeness (QED) is 0.662. The topological polar surface area (TPSA) is 86.7 Å². The van der Waals surface area contributed by atoms with Crippen LogP contribution in [0.25, 0.3) is 16.6 Å². The molecule has 1 aliphatic rings. The molecule has 0 bridgehead atoms. The summed E-state index contributed by atoms with van der Waals surface area (Å²) in [5.74, 6) is 0.597. The van der Waals surface area contributed by atoms with Gasteiger partial charge in [0.1, 0.15) is 17.6 Å². The molecule has 8 heteroatoms. The van der Waals surface area contributed by atoms with Gasteiger partial charge in [-0.25, -0.2) is 19.8 Å². The fraction of sp³-hybridized carbons (Fsp3) is 0.474. The number of fused-ring (bicyclic) bond motifs is 1. The van der Waals surface area contributed by atoms with E-state index < -0.39 is 5.60 Å². The molecule has 1 N–H and O–H groups in total. The summed E-state index contributed by atoms with van der Waals surface area (Å²) in [7, 11) is 3.81. The SMILES string of the molecule is CN(C)C=Nc1ncnc2[nH]cc(C3=CCCN(C(=O)OC(C)(C)C)C3)c12. The lowest BCUT2D eigenvalue weighted by Gasteiger charge is -2.30. The highest BCUT2D eigenvalue weighted by Gasteiger charge is 2.26. The molecule has 27 heavy (non-hydrogen) atoms. The van der Waals surface area contributed by atoms with Crippen molar-refractivity contribution >= 4 is 34.9 Å². The number of ether oxygens (including phenoxy) is 1. The van der Waals surface area contributed by atoms with Gasteiger partial charge in [0.25, 0.3) is 0 Å². The van der Waals surface area contributed by atoms with E-state index in [0.29, 0.717) is 18.9 Å². The van der Waals surface area contributed by atoms with Crippen molar-refractivity contribution in [3.05, 3.63) is 24.2 Å². The summed E-state index contributed by atoms with van der Waals surface area (Å²) in [5, 5.41) is 0.855. The number of aromatic amines is 1. The van der Waals surface area contributed by atoms with Crippen molar-refractivity contribution in [2.24, 2.45) is 4.99 Å². The molecular weight excluding hydrogens is 344 g/mol. The van der Waals surface area contributed by atoms with Crippen molar-refractivity contribution in [1.82, 2.24) is 24.8 Å². The van der Waals surface area contributed by atoms with E-state index in [4.69, 9.17) is 4.74 Å². The number of carbonyl (C=O) groups is 1. The summed E-state index contributed by atoms with van der Waals surface area (Å²) in [6.45, 7) is 6.74. The van der Waals surface area contributed by atoms with Gasteiger partial charge >= 0.3 is 6.09 Å². The molecule has 0 aromatic carbocycles. The second kappa shape index (κ2) is 7.38. The fourth-order valence-corrected chi connectivity index (χ4v) is 2.89. The molecule has 3 heterocycles. The largest absolute Gasteiger partial charge is 0.444 e. The zero-order valence-corrected chi connectivity index (χ0v) is 16.5. The molecular formula is C19H26N6O2. The van der Waals surface area contributed by atoms with Crippen molar-refractivity contribution in [2.45, 2.75) is 32.8 Å². The van der Waals surface area contributed by atoms with E-state index in [2.05, 4.69) is 26.0 Å². The van der Waals surface area contributed by atoms with Crippen LogP contribution in [0.4, 0.5) is 10.6 Å². The number of amides is 1. The van der Waals surface area contributed by atoms with E-state index in [1.54, 1.807) is 11.2 Å². The molecule has 2 aromatic rings. The Labute approximate surface area is 159 Å². The van der Waals surface area contributed by atoms with Gasteiger partial charge in [-0.2, -0.15) is 0 Å². The lowest BCUT2D eigenvalue weighted by molar-refractivity contribution is 0.0273. The van der Waals surface area contributed by atoms with Crippen LogP contribution in [0.5, 0.6) is 0 Å². The Kier molecular flexibility index (Phi) is 5.16. The Hall–Kier alpha value is -2.90. The van der Waals surface area contributed by atoms with E-state index in [0.717, 1.165) is 28.6 Å². The van der Waals surface area contributed by atoms with E-state index in [-0.39, 0.29) is 6.09 Å². The van der Waals surface area contributed by atoms with Gasteiger partial charge in [-0.3, -0.25) is 0 Å². The van der Waals surface area contributed by atoms with Gasteiger partial charge in [-0.15, -0.1) is 0 Å². The molecule has 0 radical (unpaired) electrons. The van der Waals surface area contributed by atoms with Crippen LogP contribution in [0.15, 0.2) is 23.6 Å². The van der Waals surface area contributed by atoms with Crippen LogP contribution in [-0.4, -0.2) is 70.0 Å². The molecule has 0 unspecified atom stereocenters.